The summed E-state index contributed by atoms with van der Waals surface area (Å²) in [6.07, 6.45) is 7.00. The van der Waals surface area contributed by atoms with Gasteiger partial charge in [0.05, 0.1) is 11.6 Å². The predicted molar refractivity (Wildman–Crippen MR) is 82.5 cm³/mol. The van der Waals surface area contributed by atoms with E-state index in [-0.39, 0.29) is 17.6 Å². The standard InChI is InChI=1S/C16H32N2O2/c1-12(2)16(4,11-17)18-15(19)13(3)20-14-9-7-5-6-8-10-14/h12-14H,5-11,17H2,1-4H3,(H,18,19). The number of nitrogens with one attached hydrogen (secondary N) is 1. The number of ether oxygens (including phenoxy) is 1. The van der Waals surface area contributed by atoms with Crippen molar-refractivity contribution in [1.29, 1.82) is 0 Å². The summed E-state index contributed by atoms with van der Waals surface area (Å²) in [4.78, 5) is 12.3. The fraction of sp³-hybridized carbons (Fsp3) is 0.938. The van der Waals surface area contributed by atoms with Crippen molar-refractivity contribution in [3.63, 3.8) is 0 Å². The lowest BCUT2D eigenvalue weighted by Crippen LogP contribution is -2.57. The summed E-state index contributed by atoms with van der Waals surface area (Å²) in [6.45, 7) is 8.42. The average molecular weight is 284 g/mol. The van der Waals surface area contributed by atoms with E-state index in [0.29, 0.717) is 12.5 Å². The summed E-state index contributed by atoms with van der Waals surface area (Å²) in [5, 5.41) is 3.06. The second-order valence-electron chi connectivity index (χ2n) is 6.66. The molecule has 0 aliphatic heterocycles. The van der Waals surface area contributed by atoms with Gasteiger partial charge in [0.25, 0.3) is 0 Å². The van der Waals surface area contributed by atoms with E-state index in [1.165, 1.54) is 25.7 Å². The van der Waals surface area contributed by atoms with Gasteiger partial charge in [-0.3, -0.25) is 4.79 Å². The Balaban J connectivity index is 2.49. The third-order valence-corrected chi connectivity index (χ3v) is 4.68. The Hall–Kier alpha value is -0.610. The van der Waals surface area contributed by atoms with E-state index < -0.39 is 6.10 Å². The molecule has 1 saturated carbocycles. The monoisotopic (exact) mass is 284 g/mol. The summed E-state index contributed by atoms with van der Waals surface area (Å²) < 4.78 is 5.95. The molecule has 0 bridgehead atoms. The molecule has 1 aliphatic rings. The van der Waals surface area contributed by atoms with Crippen LogP contribution in [0.5, 0.6) is 0 Å². The number of hydrogen-bond donors (Lipinski definition) is 2. The Labute approximate surface area is 123 Å². The van der Waals surface area contributed by atoms with Crippen molar-refractivity contribution >= 4 is 5.91 Å². The van der Waals surface area contributed by atoms with E-state index in [0.717, 1.165) is 12.8 Å². The zero-order valence-electron chi connectivity index (χ0n) is 13.6. The highest BCUT2D eigenvalue weighted by molar-refractivity contribution is 5.81. The molecule has 0 radical (unpaired) electrons. The maximum atomic E-state index is 12.3. The van der Waals surface area contributed by atoms with Crippen LogP contribution in [0.4, 0.5) is 0 Å². The van der Waals surface area contributed by atoms with Crippen molar-refractivity contribution in [2.24, 2.45) is 11.7 Å². The summed E-state index contributed by atoms with van der Waals surface area (Å²) in [7, 11) is 0. The second kappa shape index (κ2) is 7.99. The van der Waals surface area contributed by atoms with E-state index >= 15 is 0 Å². The van der Waals surface area contributed by atoms with Crippen LogP contribution in [-0.2, 0) is 9.53 Å². The zero-order valence-corrected chi connectivity index (χ0v) is 13.6. The summed E-state index contributed by atoms with van der Waals surface area (Å²) in [5.74, 6) is 0.248. The Kier molecular flexibility index (Phi) is 6.96. The van der Waals surface area contributed by atoms with Crippen molar-refractivity contribution in [2.75, 3.05) is 6.54 Å². The highest BCUT2D eigenvalue weighted by Crippen LogP contribution is 2.21. The molecule has 2 atom stereocenters. The maximum Gasteiger partial charge on any atom is 0.249 e. The van der Waals surface area contributed by atoms with Crippen LogP contribution in [0.15, 0.2) is 0 Å². The molecule has 0 aromatic rings. The molecule has 1 fully saturated rings. The molecule has 4 nitrogen and oxygen atoms in total. The Morgan fingerprint density at radius 1 is 1.25 bits per heavy atom. The normalized spacial score (nSPS) is 22.1. The van der Waals surface area contributed by atoms with Gasteiger partial charge in [0.2, 0.25) is 5.91 Å². The first-order valence-corrected chi connectivity index (χ1v) is 8.06. The van der Waals surface area contributed by atoms with E-state index in [2.05, 4.69) is 19.2 Å². The van der Waals surface area contributed by atoms with Crippen molar-refractivity contribution in [2.45, 2.75) is 84.0 Å². The molecule has 0 aromatic heterocycles. The lowest BCUT2D eigenvalue weighted by Gasteiger charge is -2.35. The van der Waals surface area contributed by atoms with Gasteiger partial charge in [0, 0.05) is 6.54 Å². The second-order valence-corrected chi connectivity index (χ2v) is 6.66. The largest absolute Gasteiger partial charge is 0.365 e. The molecule has 4 heteroatoms. The molecule has 0 saturated heterocycles. The molecule has 1 amide bonds. The van der Waals surface area contributed by atoms with E-state index in [1.54, 1.807) is 0 Å². The van der Waals surface area contributed by atoms with Crippen molar-refractivity contribution in [3.05, 3.63) is 0 Å². The van der Waals surface area contributed by atoms with E-state index in [9.17, 15) is 4.79 Å². The Morgan fingerprint density at radius 2 is 1.80 bits per heavy atom. The van der Waals surface area contributed by atoms with Gasteiger partial charge in [-0.05, 0) is 32.6 Å². The topological polar surface area (TPSA) is 64.3 Å². The van der Waals surface area contributed by atoms with Crippen LogP contribution < -0.4 is 11.1 Å². The fourth-order valence-electron chi connectivity index (χ4n) is 2.54. The van der Waals surface area contributed by atoms with Crippen LogP contribution in [0.25, 0.3) is 0 Å². The van der Waals surface area contributed by atoms with E-state index in [4.69, 9.17) is 10.5 Å². The molecule has 3 N–H and O–H groups in total. The Bertz CT molecular complexity index is 299. The van der Waals surface area contributed by atoms with Crippen LogP contribution in [0.2, 0.25) is 0 Å². The minimum atomic E-state index is -0.400. The van der Waals surface area contributed by atoms with Crippen molar-refractivity contribution in [3.8, 4) is 0 Å². The fourth-order valence-corrected chi connectivity index (χ4v) is 2.54. The minimum absolute atomic E-state index is 0.0455. The zero-order chi connectivity index (χ0) is 15.2. The average Bonchev–Trinajstić information content (AvgIpc) is 2.66. The van der Waals surface area contributed by atoms with E-state index in [1.807, 2.05) is 13.8 Å². The molecular formula is C16H32N2O2. The molecule has 2 unspecified atom stereocenters. The van der Waals surface area contributed by atoms with Crippen LogP contribution in [-0.4, -0.2) is 30.2 Å². The van der Waals surface area contributed by atoms with Gasteiger partial charge >= 0.3 is 0 Å². The summed E-state index contributed by atoms with van der Waals surface area (Å²) >= 11 is 0. The predicted octanol–water partition coefficient (Wildman–Crippen LogP) is 2.60. The van der Waals surface area contributed by atoms with Crippen LogP contribution in [0.3, 0.4) is 0 Å². The van der Waals surface area contributed by atoms with Crippen molar-refractivity contribution < 1.29 is 9.53 Å². The highest BCUT2D eigenvalue weighted by Gasteiger charge is 2.31. The number of rotatable bonds is 6. The SMILES string of the molecule is CC(OC1CCCCCC1)C(=O)NC(C)(CN)C(C)C. The molecular weight excluding hydrogens is 252 g/mol. The molecule has 1 rings (SSSR count). The lowest BCUT2D eigenvalue weighted by atomic mass is 9.88. The molecule has 0 heterocycles. The van der Waals surface area contributed by atoms with Gasteiger partial charge in [0.1, 0.15) is 6.10 Å². The van der Waals surface area contributed by atoms with Crippen molar-refractivity contribution in [1.82, 2.24) is 5.32 Å². The number of nitrogens with two attached hydrogens (primary N) is 1. The minimum Gasteiger partial charge on any atom is -0.365 e. The van der Waals surface area contributed by atoms with Gasteiger partial charge in [0.15, 0.2) is 0 Å². The third kappa shape index (κ3) is 5.06. The smallest absolute Gasteiger partial charge is 0.249 e. The van der Waals surface area contributed by atoms with Crippen LogP contribution in [0.1, 0.15) is 66.2 Å². The van der Waals surface area contributed by atoms with Gasteiger partial charge in [-0.1, -0.05) is 39.5 Å². The summed E-state index contributed by atoms with van der Waals surface area (Å²) in [5.41, 5.74) is 5.44. The van der Waals surface area contributed by atoms with Gasteiger partial charge in [-0.25, -0.2) is 0 Å². The van der Waals surface area contributed by atoms with Gasteiger partial charge in [-0.15, -0.1) is 0 Å². The van der Waals surface area contributed by atoms with Gasteiger partial charge < -0.3 is 15.8 Å². The number of carbonyl (C=O) groups excluding carboxylic acids is 1. The quantitative estimate of drug-likeness (QED) is 0.737. The van der Waals surface area contributed by atoms with Crippen LogP contribution >= 0.6 is 0 Å². The molecule has 20 heavy (non-hydrogen) atoms. The highest BCUT2D eigenvalue weighted by atomic mass is 16.5. The van der Waals surface area contributed by atoms with Gasteiger partial charge in [-0.2, -0.15) is 0 Å². The first-order chi connectivity index (χ1) is 9.39. The summed E-state index contributed by atoms with van der Waals surface area (Å²) in [6, 6.07) is 0. The number of hydrogen-bond acceptors (Lipinski definition) is 3. The Morgan fingerprint density at radius 3 is 2.25 bits per heavy atom. The van der Waals surface area contributed by atoms with Crippen LogP contribution in [0, 0.1) is 5.92 Å². The molecule has 0 aromatic carbocycles. The third-order valence-electron chi connectivity index (χ3n) is 4.68. The number of amides is 1. The molecule has 1 aliphatic carbocycles. The molecule has 118 valence electrons. The number of carbonyl (C=O) groups is 1. The first kappa shape index (κ1) is 17.4. The lowest BCUT2D eigenvalue weighted by molar-refractivity contribution is -0.138. The maximum absolute atomic E-state index is 12.3. The molecule has 0 spiro atoms. The first-order valence-electron chi connectivity index (χ1n) is 8.06.